The van der Waals surface area contributed by atoms with Gasteiger partial charge in [0.1, 0.15) is 0 Å². The van der Waals surface area contributed by atoms with Crippen molar-refractivity contribution in [2.45, 2.75) is 12.5 Å². The average Bonchev–Trinajstić information content (AvgIpc) is 2.50. The van der Waals surface area contributed by atoms with Gasteiger partial charge in [-0.3, -0.25) is 4.79 Å². The van der Waals surface area contributed by atoms with E-state index in [2.05, 4.69) is 21.2 Å². The van der Waals surface area contributed by atoms with Crippen molar-refractivity contribution in [2.75, 3.05) is 12.3 Å². The van der Waals surface area contributed by atoms with Gasteiger partial charge in [0.05, 0.1) is 18.2 Å². The first kappa shape index (κ1) is 15.5. The number of hydrogen-bond donors (Lipinski definition) is 3. The molecule has 2 aromatic carbocycles. The van der Waals surface area contributed by atoms with Gasteiger partial charge < -0.3 is 16.2 Å². The van der Waals surface area contributed by atoms with Crippen LogP contribution in [0.1, 0.15) is 15.9 Å². The molecule has 110 valence electrons. The Morgan fingerprint density at radius 2 is 1.95 bits per heavy atom. The second-order valence-corrected chi connectivity index (χ2v) is 5.64. The number of carbonyl (C=O) groups is 1. The van der Waals surface area contributed by atoms with Crippen LogP contribution < -0.4 is 11.1 Å². The zero-order valence-electron chi connectivity index (χ0n) is 11.4. The first-order valence-electron chi connectivity index (χ1n) is 6.61. The molecule has 4 nitrogen and oxygen atoms in total. The van der Waals surface area contributed by atoms with Crippen LogP contribution in [-0.2, 0) is 6.42 Å². The number of aliphatic hydroxyl groups excluding tert-OH is 1. The van der Waals surface area contributed by atoms with Crippen molar-refractivity contribution in [3.05, 3.63) is 64.1 Å². The fourth-order valence-electron chi connectivity index (χ4n) is 2.04. The lowest BCUT2D eigenvalue weighted by Crippen LogP contribution is -2.39. The van der Waals surface area contributed by atoms with Crippen molar-refractivity contribution in [1.82, 2.24) is 5.32 Å². The number of amides is 1. The third-order valence-corrected chi connectivity index (χ3v) is 3.81. The van der Waals surface area contributed by atoms with Crippen LogP contribution in [0, 0.1) is 0 Å². The lowest BCUT2D eigenvalue weighted by molar-refractivity contribution is 0.0916. The maximum atomic E-state index is 12.3. The minimum Gasteiger partial charge on any atom is -0.399 e. The van der Waals surface area contributed by atoms with Crippen molar-refractivity contribution in [1.29, 1.82) is 0 Å². The van der Waals surface area contributed by atoms with Crippen LogP contribution in [0.4, 0.5) is 5.69 Å². The molecule has 2 aromatic rings. The summed E-state index contributed by atoms with van der Waals surface area (Å²) < 4.78 is 0.672. The molecule has 1 atom stereocenters. The Balaban J connectivity index is 2.07. The number of nitrogen functional groups attached to an aromatic ring is 1. The van der Waals surface area contributed by atoms with Crippen molar-refractivity contribution in [2.24, 2.45) is 0 Å². The zero-order chi connectivity index (χ0) is 15.2. The molecule has 0 fully saturated rings. The van der Waals surface area contributed by atoms with Crippen LogP contribution in [0.3, 0.4) is 0 Å². The van der Waals surface area contributed by atoms with E-state index in [-0.39, 0.29) is 18.6 Å². The van der Waals surface area contributed by atoms with Gasteiger partial charge in [-0.05, 0) is 46.1 Å². The Morgan fingerprint density at radius 3 is 2.62 bits per heavy atom. The largest absolute Gasteiger partial charge is 0.399 e. The number of anilines is 1. The minimum atomic E-state index is -0.340. The van der Waals surface area contributed by atoms with E-state index in [0.29, 0.717) is 22.1 Å². The lowest BCUT2D eigenvalue weighted by Gasteiger charge is -2.17. The normalized spacial score (nSPS) is 11.9. The Labute approximate surface area is 132 Å². The van der Waals surface area contributed by atoms with E-state index in [1.54, 1.807) is 18.2 Å². The molecule has 0 aliphatic carbocycles. The van der Waals surface area contributed by atoms with Gasteiger partial charge in [-0.1, -0.05) is 30.3 Å². The Kier molecular flexibility index (Phi) is 5.36. The third kappa shape index (κ3) is 4.31. The number of aliphatic hydroxyl groups is 1. The van der Waals surface area contributed by atoms with Gasteiger partial charge in [0.2, 0.25) is 0 Å². The van der Waals surface area contributed by atoms with Gasteiger partial charge in [-0.15, -0.1) is 0 Å². The second kappa shape index (κ2) is 7.24. The predicted molar refractivity (Wildman–Crippen MR) is 87.0 cm³/mol. The van der Waals surface area contributed by atoms with E-state index < -0.39 is 0 Å². The van der Waals surface area contributed by atoms with E-state index >= 15 is 0 Å². The monoisotopic (exact) mass is 348 g/mol. The molecule has 0 unspecified atom stereocenters. The Morgan fingerprint density at radius 1 is 1.24 bits per heavy atom. The van der Waals surface area contributed by atoms with Crippen LogP contribution >= 0.6 is 15.9 Å². The molecule has 0 spiro atoms. The van der Waals surface area contributed by atoms with Crippen LogP contribution in [-0.4, -0.2) is 23.7 Å². The van der Waals surface area contributed by atoms with Crippen LogP contribution in [0.5, 0.6) is 0 Å². The zero-order valence-corrected chi connectivity index (χ0v) is 13.0. The highest BCUT2D eigenvalue weighted by Crippen LogP contribution is 2.19. The summed E-state index contributed by atoms with van der Waals surface area (Å²) >= 11 is 3.33. The molecule has 0 saturated heterocycles. The van der Waals surface area contributed by atoms with Crippen molar-refractivity contribution >= 4 is 27.5 Å². The number of carbonyl (C=O) groups excluding carboxylic acids is 1. The van der Waals surface area contributed by atoms with E-state index in [0.717, 1.165) is 5.56 Å². The molecule has 0 bridgehead atoms. The molecular formula is C16H17BrN2O2. The lowest BCUT2D eigenvalue weighted by atomic mass is 10.1. The number of nitrogens with one attached hydrogen (secondary N) is 1. The quantitative estimate of drug-likeness (QED) is 0.726. The summed E-state index contributed by atoms with van der Waals surface area (Å²) in [5.41, 5.74) is 7.74. The smallest absolute Gasteiger partial charge is 0.252 e. The Hall–Kier alpha value is -1.85. The molecule has 0 aliphatic heterocycles. The highest BCUT2D eigenvalue weighted by Gasteiger charge is 2.16. The highest BCUT2D eigenvalue weighted by molar-refractivity contribution is 9.10. The van der Waals surface area contributed by atoms with Gasteiger partial charge in [0.25, 0.3) is 5.91 Å². The van der Waals surface area contributed by atoms with Gasteiger partial charge in [-0.2, -0.15) is 0 Å². The van der Waals surface area contributed by atoms with E-state index in [9.17, 15) is 9.90 Å². The number of halogens is 1. The molecule has 21 heavy (non-hydrogen) atoms. The standard InChI is InChI=1S/C16H17BrN2O2/c17-15-7-6-12(18)9-14(15)16(21)19-13(10-20)8-11-4-2-1-3-5-11/h1-7,9,13,20H,8,10,18H2,(H,19,21)/t13-/m0/s1. The molecule has 2 rings (SSSR count). The summed E-state index contributed by atoms with van der Waals surface area (Å²) in [6, 6.07) is 14.4. The summed E-state index contributed by atoms with van der Waals surface area (Å²) in [4.78, 5) is 12.3. The summed E-state index contributed by atoms with van der Waals surface area (Å²) in [6.45, 7) is -0.124. The molecule has 0 aromatic heterocycles. The minimum absolute atomic E-state index is 0.124. The molecule has 4 N–H and O–H groups in total. The maximum absolute atomic E-state index is 12.3. The number of hydrogen-bond acceptors (Lipinski definition) is 3. The van der Waals surface area contributed by atoms with Crippen molar-refractivity contribution < 1.29 is 9.90 Å². The first-order chi connectivity index (χ1) is 10.1. The molecule has 0 aliphatic rings. The summed E-state index contributed by atoms with van der Waals surface area (Å²) in [6.07, 6.45) is 0.572. The maximum Gasteiger partial charge on any atom is 0.252 e. The Bertz CT molecular complexity index is 617. The van der Waals surface area contributed by atoms with E-state index in [1.165, 1.54) is 0 Å². The van der Waals surface area contributed by atoms with E-state index in [4.69, 9.17) is 5.73 Å². The van der Waals surface area contributed by atoms with Crippen LogP contribution in [0.2, 0.25) is 0 Å². The average molecular weight is 349 g/mol. The SMILES string of the molecule is Nc1ccc(Br)c(C(=O)N[C@H](CO)Cc2ccccc2)c1. The fourth-order valence-corrected chi connectivity index (χ4v) is 2.47. The molecule has 5 heteroatoms. The highest BCUT2D eigenvalue weighted by atomic mass is 79.9. The van der Waals surface area contributed by atoms with Crippen molar-refractivity contribution in [3.63, 3.8) is 0 Å². The third-order valence-electron chi connectivity index (χ3n) is 3.12. The molecule has 1 amide bonds. The number of benzene rings is 2. The predicted octanol–water partition coefficient (Wildman–Crippen LogP) is 2.36. The summed E-state index contributed by atoms with van der Waals surface area (Å²) in [5, 5.41) is 12.3. The van der Waals surface area contributed by atoms with E-state index in [1.807, 2.05) is 30.3 Å². The topological polar surface area (TPSA) is 75.4 Å². The molecule has 0 heterocycles. The fraction of sp³-hybridized carbons (Fsp3) is 0.188. The van der Waals surface area contributed by atoms with Gasteiger partial charge in [-0.25, -0.2) is 0 Å². The first-order valence-corrected chi connectivity index (χ1v) is 7.40. The van der Waals surface area contributed by atoms with Gasteiger partial charge in [0, 0.05) is 10.2 Å². The summed E-state index contributed by atoms with van der Waals surface area (Å²) in [5.74, 6) is -0.260. The second-order valence-electron chi connectivity index (χ2n) is 4.78. The van der Waals surface area contributed by atoms with Gasteiger partial charge in [0.15, 0.2) is 0 Å². The number of rotatable bonds is 5. The van der Waals surface area contributed by atoms with Crippen LogP contribution in [0.15, 0.2) is 53.0 Å². The molecule has 0 radical (unpaired) electrons. The molecule has 0 saturated carbocycles. The van der Waals surface area contributed by atoms with Crippen molar-refractivity contribution in [3.8, 4) is 0 Å². The summed E-state index contributed by atoms with van der Waals surface area (Å²) in [7, 11) is 0. The van der Waals surface area contributed by atoms with Crippen LogP contribution in [0.25, 0.3) is 0 Å². The molecular weight excluding hydrogens is 332 g/mol. The number of nitrogens with two attached hydrogens (primary N) is 1. The van der Waals surface area contributed by atoms with Gasteiger partial charge >= 0.3 is 0 Å².